The number of anilines is 1. The van der Waals surface area contributed by atoms with Crippen molar-refractivity contribution in [1.29, 1.82) is 0 Å². The third-order valence-electron chi connectivity index (χ3n) is 5.58. The first-order chi connectivity index (χ1) is 14.1. The molecule has 0 unspecified atom stereocenters. The normalized spacial score (nSPS) is 18.7. The van der Waals surface area contributed by atoms with Crippen LogP contribution in [0.15, 0.2) is 48.8 Å². The molecule has 5 rings (SSSR count). The molecule has 0 radical (unpaired) electrons. The van der Waals surface area contributed by atoms with Crippen LogP contribution >= 0.6 is 11.6 Å². The maximum Gasteiger partial charge on any atom is 0.258 e. The van der Waals surface area contributed by atoms with Crippen LogP contribution in [-0.2, 0) is 0 Å². The van der Waals surface area contributed by atoms with Gasteiger partial charge in [-0.15, -0.1) is 0 Å². The van der Waals surface area contributed by atoms with Gasteiger partial charge in [0.1, 0.15) is 12.4 Å². The van der Waals surface area contributed by atoms with Gasteiger partial charge in [-0.2, -0.15) is 5.10 Å². The zero-order valence-corrected chi connectivity index (χ0v) is 16.8. The van der Waals surface area contributed by atoms with Crippen molar-refractivity contribution in [3.05, 3.63) is 65.2 Å². The quantitative estimate of drug-likeness (QED) is 0.634. The number of ether oxygens (including phenoxy) is 1. The van der Waals surface area contributed by atoms with Gasteiger partial charge in [-0.3, -0.25) is 4.79 Å². The van der Waals surface area contributed by atoms with E-state index in [1.165, 1.54) is 6.42 Å². The minimum Gasteiger partial charge on any atom is -0.485 e. The molecular weight excluding hydrogens is 388 g/mol. The number of amides is 1. The average molecular weight is 409 g/mol. The highest BCUT2D eigenvalue weighted by atomic mass is 35.5. The largest absolute Gasteiger partial charge is 0.485 e. The van der Waals surface area contributed by atoms with Crippen molar-refractivity contribution in [3.63, 3.8) is 0 Å². The Hall–Kier alpha value is -2.86. The molecule has 1 aliphatic heterocycles. The zero-order chi connectivity index (χ0) is 20.0. The number of carbonyl (C=O) groups is 1. The van der Waals surface area contributed by atoms with E-state index in [9.17, 15) is 4.79 Å². The number of aromatic nitrogens is 3. The first-order valence-corrected chi connectivity index (χ1v) is 10.3. The second-order valence-electron chi connectivity index (χ2n) is 7.66. The number of para-hydroxylation sites is 1. The van der Waals surface area contributed by atoms with E-state index in [0.717, 1.165) is 24.4 Å². The van der Waals surface area contributed by atoms with Gasteiger partial charge in [0.25, 0.3) is 5.91 Å². The summed E-state index contributed by atoms with van der Waals surface area (Å²) in [4.78, 5) is 19.5. The number of nitrogens with zero attached hydrogens (tertiary/aromatic N) is 4. The highest BCUT2D eigenvalue weighted by Gasteiger charge is 2.30. The van der Waals surface area contributed by atoms with E-state index < -0.39 is 0 Å². The predicted molar refractivity (Wildman–Crippen MR) is 111 cm³/mol. The van der Waals surface area contributed by atoms with E-state index in [1.807, 2.05) is 43.3 Å². The lowest BCUT2D eigenvalue weighted by Gasteiger charge is -2.34. The maximum absolute atomic E-state index is 13.4. The summed E-state index contributed by atoms with van der Waals surface area (Å²) in [7, 11) is 0. The summed E-state index contributed by atoms with van der Waals surface area (Å²) >= 11 is 6.29. The molecule has 29 heavy (non-hydrogen) atoms. The third kappa shape index (κ3) is 3.27. The highest BCUT2D eigenvalue weighted by Crippen LogP contribution is 2.40. The molecule has 0 saturated heterocycles. The average Bonchev–Trinajstić information content (AvgIpc) is 3.16. The second-order valence-corrected chi connectivity index (χ2v) is 8.07. The molecule has 0 bridgehead atoms. The molecule has 1 atom stereocenters. The lowest BCUT2D eigenvalue weighted by atomic mass is 9.85. The Morgan fingerprint density at radius 2 is 2.03 bits per heavy atom. The highest BCUT2D eigenvalue weighted by molar-refractivity contribution is 6.32. The van der Waals surface area contributed by atoms with Crippen LogP contribution in [0.3, 0.4) is 0 Å². The lowest BCUT2D eigenvalue weighted by molar-refractivity contribution is 0.0961. The lowest BCUT2D eigenvalue weighted by Crippen LogP contribution is -2.42. The molecular formula is C22H21ClN4O2. The van der Waals surface area contributed by atoms with Gasteiger partial charge in [0.2, 0.25) is 0 Å². The van der Waals surface area contributed by atoms with Crippen molar-refractivity contribution in [2.75, 3.05) is 11.4 Å². The van der Waals surface area contributed by atoms with Crippen molar-refractivity contribution in [3.8, 4) is 11.4 Å². The van der Waals surface area contributed by atoms with Crippen LogP contribution in [0.25, 0.3) is 5.69 Å². The van der Waals surface area contributed by atoms with E-state index in [1.54, 1.807) is 22.0 Å². The molecule has 2 aromatic carbocycles. The summed E-state index contributed by atoms with van der Waals surface area (Å²) in [5, 5.41) is 5.12. The Labute approximate surface area is 174 Å². The van der Waals surface area contributed by atoms with Crippen LogP contribution in [0, 0.1) is 0 Å². The van der Waals surface area contributed by atoms with Crippen molar-refractivity contribution >= 4 is 23.2 Å². The Morgan fingerprint density at radius 3 is 2.83 bits per heavy atom. The van der Waals surface area contributed by atoms with Crippen LogP contribution in [0.5, 0.6) is 5.75 Å². The number of fused-ring (bicyclic) bond motifs is 1. The first kappa shape index (κ1) is 18.2. The Bertz CT molecular complexity index is 1080. The monoisotopic (exact) mass is 408 g/mol. The van der Waals surface area contributed by atoms with Crippen molar-refractivity contribution < 1.29 is 9.53 Å². The second kappa shape index (κ2) is 7.19. The van der Waals surface area contributed by atoms with Gasteiger partial charge >= 0.3 is 0 Å². The fourth-order valence-electron chi connectivity index (χ4n) is 3.80. The standard InChI is InChI=1S/C22H21ClN4O2/c1-14-12-26(19-10-4-9-18(23)20(19)29-14)22(28)16-7-3-8-17(11-16)27-13-24-21(25-27)15-5-2-6-15/h3-4,7-11,13-15H,2,5-6,12H2,1H3/t14-/m0/s1. The molecule has 1 amide bonds. The zero-order valence-electron chi connectivity index (χ0n) is 16.1. The summed E-state index contributed by atoms with van der Waals surface area (Å²) in [5.74, 6) is 1.82. The number of rotatable bonds is 3. The number of halogens is 1. The SMILES string of the molecule is C[C@H]1CN(C(=O)c2cccc(-n3cnc(C4CCC4)n3)c2)c2cccc(Cl)c2O1. The molecule has 0 N–H and O–H groups in total. The molecule has 1 saturated carbocycles. The van der Waals surface area contributed by atoms with Crippen LogP contribution in [0.1, 0.15) is 48.3 Å². The van der Waals surface area contributed by atoms with Crippen LogP contribution in [0.2, 0.25) is 5.02 Å². The molecule has 0 spiro atoms. The van der Waals surface area contributed by atoms with Gasteiger partial charge in [-0.1, -0.05) is 30.2 Å². The van der Waals surface area contributed by atoms with Gasteiger partial charge in [-0.05, 0) is 50.1 Å². The molecule has 148 valence electrons. The third-order valence-corrected chi connectivity index (χ3v) is 5.88. The number of carbonyl (C=O) groups excluding carboxylic acids is 1. The number of benzene rings is 2. The van der Waals surface area contributed by atoms with E-state index in [4.69, 9.17) is 16.3 Å². The van der Waals surface area contributed by atoms with Gasteiger partial charge in [0, 0.05) is 11.5 Å². The molecule has 1 aromatic heterocycles. The fraction of sp³-hybridized carbons (Fsp3) is 0.318. The van der Waals surface area contributed by atoms with E-state index in [2.05, 4.69) is 10.1 Å². The van der Waals surface area contributed by atoms with E-state index >= 15 is 0 Å². The van der Waals surface area contributed by atoms with Crippen LogP contribution in [-0.4, -0.2) is 33.3 Å². The minimum atomic E-state index is -0.144. The first-order valence-electron chi connectivity index (χ1n) is 9.89. The molecule has 3 aromatic rings. The summed E-state index contributed by atoms with van der Waals surface area (Å²) in [6.07, 6.45) is 5.13. The number of hydrogen-bond donors (Lipinski definition) is 0. The molecule has 7 heteroatoms. The summed E-state index contributed by atoms with van der Waals surface area (Å²) in [5.41, 5.74) is 2.10. The topological polar surface area (TPSA) is 60.2 Å². The van der Waals surface area contributed by atoms with Crippen LogP contribution < -0.4 is 9.64 Å². The summed E-state index contributed by atoms with van der Waals surface area (Å²) in [6, 6.07) is 12.9. The van der Waals surface area contributed by atoms with E-state index in [-0.39, 0.29) is 12.0 Å². The molecule has 2 heterocycles. The molecule has 1 aliphatic carbocycles. The predicted octanol–water partition coefficient (Wildman–Crippen LogP) is 4.62. The van der Waals surface area contributed by atoms with Crippen LogP contribution in [0.4, 0.5) is 5.69 Å². The van der Waals surface area contributed by atoms with Gasteiger partial charge in [0.15, 0.2) is 11.6 Å². The van der Waals surface area contributed by atoms with Gasteiger partial charge in [0.05, 0.1) is 22.9 Å². The molecule has 1 fully saturated rings. The summed E-state index contributed by atoms with van der Waals surface area (Å²) < 4.78 is 7.61. The van der Waals surface area contributed by atoms with E-state index in [0.29, 0.717) is 34.5 Å². The van der Waals surface area contributed by atoms with Crippen molar-refractivity contribution in [2.24, 2.45) is 0 Å². The Morgan fingerprint density at radius 1 is 1.21 bits per heavy atom. The molecule has 6 nitrogen and oxygen atoms in total. The van der Waals surface area contributed by atoms with Crippen molar-refractivity contribution in [2.45, 2.75) is 38.2 Å². The maximum atomic E-state index is 13.4. The fourth-order valence-corrected chi connectivity index (χ4v) is 4.02. The van der Waals surface area contributed by atoms with Crippen molar-refractivity contribution in [1.82, 2.24) is 14.8 Å². The summed E-state index contributed by atoms with van der Waals surface area (Å²) in [6.45, 7) is 2.39. The Balaban J connectivity index is 1.46. The van der Waals surface area contributed by atoms with Gasteiger partial charge in [-0.25, -0.2) is 9.67 Å². The Kier molecular flexibility index (Phi) is 4.51. The minimum absolute atomic E-state index is 0.0927. The number of hydrogen-bond acceptors (Lipinski definition) is 4. The molecule has 2 aliphatic rings. The smallest absolute Gasteiger partial charge is 0.258 e. The van der Waals surface area contributed by atoms with Gasteiger partial charge < -0.3 is 9.64 Å².